The second-order valence-corrected chi connectivity index (χ2v) is 8.64. The highest BCUT2D eigenvalue weighted by Crippen LogP contribution is 2.27. The van der Waals surface area contributed by atoms with Crippen molar-refractivity contribution >= 4 is 28.1 Å². The molecule has 31 heavy (non-hydrogen) atoms. The van der Waals surface area contributed by atoms with Gasteiger partial charge in [0.1, 0.15) is 10.6 Å². The molecule has 0 unspecified atom stereocenters. The van der Waals surface area contributed by atoms with Gasteiger partial charge >= 0.3 is 16.1 Å². The Morgan fingerprint density at radius 3 is 2.16 bits per heavy atom. The van der Waals surface area contributed by atoms with Gasteiger partial charge in [0.15, 0.2) is 5.70 Å². The number of ether oxygens (including phenoxy) is 1. The van der Waals surface area contributed by atoms with Gasteiger partial charge in [0.2, 0.25) is 5.90 Å². The molecule has 3 aromatic rings. The lowest BCUT2D eigenvalue weighted by molar-refractivity contribution is -0.129. The van der Waals surface area contributed by atoms with Gasteiger partial charge in [-0.3, -0.25) is 0 Å². The zero-order valence-electron chi connectivity index (χ0n) is 16.9. The molecular weight excluding hydrogens is 414 g/mol. The van der Waals surface area contributed by atoms with Crippen molar-refractivity contribution in [2.24, 2.45) is 4.99 Å². The molecule has 0 aromatic heterocycles. The Morgan fingerprint density at radius 1 is 0.871 bits per heavy atom. The van der Waals surface area contributed by atoms with E-state index in [1.807, 2.05) is 38.1 Å². The third kappa shape index (κ3) is 4.57. The Kier molecular flexibility index (Phi) is 5.44. The lowest BCUT2D eigenvalue weighted by Gasteiger charge is -2.09. The molecule has 3 aromatic carbocycles. The minimum atomic E-state index is -4.04. The van der Waals surface area contributed by atoms with Crippen molar-refractivity contribution in [2.75, 3.05) is 0 Å². The van der Waals surface area contributed by atoms with Crippen molar-refractivity contribution < 1.29 is 22.1 Å². The Labute approximate surface area is 180 Å². The van der Waals surface area contributed by atoms with Gasteiger partial charge in [-0.1, -0.05) is 53.6 Å². The van der Waals surface area contributed by atoms with E-state index in [-0.39, 0.29) is 22.2 Å². The second-order valence-electron chi connectivity index (χ2n) is 7.09. The molecule has 0 saturated heterocycles. The number of hydrogen-bond acceptors (Lipinski definition) is 6. The average molecular weight is 433 g/mol. The molecule has 1 heterocycles. The first-order valence-corrected chi connectivity index (χ1v) is 10.9. The number of cyclic esters (lactones) is 1. The summed E-state index contributed by atoms with van der Waals surface area (Å²) < 4.78 is 36.0. The van der Waals surface area contributed by atoms with Crippen LogP contribution >= 0.6 is 0 Å². The van der Waals surface area contributed by atoms with Gasteiger partial charge < -0.3 is 8.92 Å². The van der Waals surface area contributed by atoms with E-state index in [4.69, 9.17) is 8.92 Å². The predicted molar refractivity (Wildman–Crippen MR) is 117 cm³/mol. The highest BCUT2D eigenvalue weighted by atomic mass is 32.2. The van der Waals surface area contributed by atoms with Gasteiger partial charge in [0.25, 0.3) is 0 Å². The van der Waals surface area contributed by atoms with E-state index < -0.39 is 16.1 Å². The summed E-state index contributed by atoms with van der Waals surface area (Å²) in [6.07, 6.45) is 1.45. The summed E-state index contributed by atoms with van der Waals surface area (Å²) in [5.74, 6) is -0.337. The SMILES string of the molecule is Cc1ccc(C2=N/C(=C/c3ccccc3OS(=O)(=O)c3ccc(C)cc3)C(=O)O2)cc1. The van der Waals surface area contributed by atoms with Crippen molar-refractivity contribution in [3.63, 3.8) is 0 Å². The number of hydrogen-bond donors (Lipinski definition) is 0. The van der Waals surface area contributed by atoms with Crippen LogP contribution in [0.1, 0.15) is 22.3 Å². The first-order chi connectivity index (χ1) is 14.8. The fourth-order valence-corrected chi connectivity index (χ4v) is 3.88. The topological polar surface area (TPSA) is 82.0 Å². The van der Waals surface area contributed by atoms with E-state index in [0.717, 1.165) is 11.1 Å². The standard InChI is InChI=1S/C24H19NO5S/c1-16-7-11-18(12-8-16)23-25-21(24(26)29-23)15-19-5-3-4-6-22(19)30-31(27,28)20-13-9-17(2)10-14-20/h3-15H,1-2H3/b21-15+. The summed E-state index contributed by atoms with van der Waals surface area (Å²) in [6, 6.07) is 20.3. The lowest BCUT2D eigenvalue weighted by Crippen LogP contribution is -2.10. The number of para-hydroxylation sites is 1. The van der Waals surface area contributed by atoms with E-state index in [2.05, 4.69) is 4.99 Å². The van der Waals surface area contributed by atoms with Gasteiger partial charge in [0, 0.05) is 11.1 Å². The first kappa shape index (κ1) is 20.6. The summed E-state index contributed by atoms with van der Waals surface area (Å²) >= 11 is 0. The number of esters is 1. The monoisotopic (exact) mass is 433 g/mol. The van der Waals surface area contributed by atoms with Gasteiger partial charge in [-0.25, -0.2) is 9.79 Å². The van der Waals surface area contributed by atoms with Gasteiger partial charge in [-0.2, -0.15) is 8.42 Å². The van der Waals surface area contributed by atoms with Crippen LogP contribution in [0.15, 0.2) is 88.4 Å². The molecule has 0 spiro atoms. The number of aliphatic imine (C=N–C) groups is 1. The highest BCUT2D eigenvalue weighted by molar-refractivity contribution is 7.87. The molecule has 0 radical (unpaired) electrons. The van der Waals surface area contributed by atoms with Crippen molar-refractivity contribution in [3.8, 4) is 5.75 Å². The molecule has 0 N–H and O–H groups in total. The number of carbonyl (C=O) groups excluding carboxylic acids is 1. The van der Waals surface area contributed by atoms with Gasteiger partial charge in [-0.15, -0.1) is 0 Å². The van der Waals surface area contributed by atoms with Crippen LogP contribution in [0.25, 0.3) is 6.08 Å². The molecule has 0 fully saturated rings. The summed E-state index contributed by atoms with van der Waals surface area (Å²) in [6.45, 7) is 3.82. The van der Waals surface area contributed by atoms with E-state index in [1.54, 1.807) is 30.3 Å². The Morgan fingerprint density at radius 2 is 1.48 bits per heavy atom. The zero-order chi connectivity index (χ0) is 22.0. The van der Waals surface area contributed by atoms with Crippen LogP contribution in [0.5, 0.6) is 5.75 Å². The highest BCUT2D eigenvalue weighted by Gasteiger charge is 2.25. The van der Waals surface area contributed by atoms with Crippen LogP contribution in [-0.2, 0) is 19.6 Å². The molecule has 7 heteroatoms. The van der Waals surface area contributed by atoms with Crippen molar-refractivity contribution in [3.05, 3.63) is 101 Å². The molecule has 1 aliphatic heterocycles. The Bertz CT molecular complexity index is 1300. The molecule has 0 atom stereocenters. The smallest absolute Gasteiger partial charge is 0.363 e. The number of benzene rings is 3. The molecular formula is C24H19NO5S. The summed E-state index contributed by atoms with van der Waals surface area (Å²) in [7, 11) is -4.04. The number of carbonyl (C=O) groups is 1. The van der Waals surface area contributed by atoms with Crippen LogP contribution in [0.3, 0.4) is 0 Å². The second kappa shape index (κ2) is 8.20. The van der Waals surface area contributed by atoms with E-state index in [0.29, 0.717) is 11.1 Å². The molecule has 0 amide bonds. The van der Waals surface area contributed by atoms with Crippen molar-refractivity contribution in [1.82, 2.24) is 0 Å². The molecule has 0 saturated carbocycles. The maximum atomic E-state index is 12.7. The summed E-state index contributed by atoms with van der Waals surface area (Å²) in [4.78, 5) is 16.6. The Balaban J connectivity index is 1.65. The average Bonchev–Trinajstić information content (AvgIpc) is 3.10. The fourth-order valence-electron chi connectivity index (χ4n) is 2.92. The van der Waals surface area contributed by atoms with Gasteiger partial charge in [-0.05, 0) is 50.3 Å². The number of nitrogens with zero attached hydrogens (tertiary/aromatic N) is 1. The van der Waals surface area contributed by atoms with Crippen molar-refractivity contribution in [2.45, 2.75) is 18.7 Å². The van der Waals surface area contributed by atoms with Gasteiger partial charge in [0.05, 0.1) is 0 Å². The van der Waals surface area contributed by atoms with Crippen LogP contribution < -0.4 is 4.18 Å². The largest absolute Gasteiger partial charge is 0.402 e. The third-order valence-corrected chi connectivity index (χ3v) is 5.89. The maximum absolute atomic E-state index is 12.7. The summed E-state index contributed by atoms with van der Waals surface area (Å²) in [5.41, 5.74) is 3.13. The quantitative estimate of drug-likeness (QED) is 0.338. The predicted octanol–water partition coefficient (Wildman–Crippen LogP) is 4.42. The number of aryl methyl sites for hydroxylation is 2. The Hall–Kier alpha value is -3.71. The van der Waals surface area contributed by atoms with Crippen LogP contribution in [0.4, 0.5) is 0 Å². The van der Waals surface area contributed by atoms with Crippen LogP contribution in [-0.4, -0.2) is 20.3 Å². The molecule has 156 valence electrons. The third-order valence-electron chi connectivity index (χ3n) is 4.64. The first-order valence-electron chi connectivity index (χ1n) is 9.52. The molecule has 0 aliphatic carbocycles. The van der Waals surface area contributed by atoms with E-state index in [9.17, 15) is 13.2 Å². The summed E-state index contributed by atoms with van der Waals surface area (Å²) in [5, 5.41) is 0. The minimum Gasteiger partial charge on any atom is -0.402 e. The van der Waals surface area contributed by atoms with Crippen LogP contribution in [0, 0.1) is 13.8 Å². The lowest BCUT2D eigenvalue weighted by atomic mass is 10.1. The molecule has 0 bridgehead atoms. The normalized spacial score (nSPS) is 15.0. The number of rotatable bonds is 5. The molecule has 6 nitrogen and oxygen atoms in total. The maximum Gasteiger partial charge on any atom is 0.363 e. The van der Waals surface area contributed by atoms with E-state index >= 15 is 0 Å². The van der Waals surface area contributed by atoms with Crippen LogP contribution in [0.2, 0.25) is 0 Å². The molecule has 1 aliphatic rings. The fraction of sp³-hybridized carbons (Fsp3) is 0.0833. The van der Waals surface area contributed by atoms with Crippen molar-refractivity contribution in [1.29, 1.82) is 0 Å². The van der Waals surface area contributed by atoms with E-state index in [1.165, 1.54) is 24.3 Å². The molecule has 4 rings (SSSR count). The zero-order valence-corrected chi connectivity index (χ0v) is 17.7. The minimum absolute atomic E-state index is 0.0421.